The predicted molar refractivity (Wildman–Crippen MR) is 105 cm³/mol. The first-order valence-corrected chi connectivity index (χ1v) is 9.13. The number of hydrogen-bond donors (Lipinski definition) is 1. The maximum Gasteiger partial charge on any atom is 0.261 e. The Morgan fingerprint density at radius 3 is 2.35 bits per heavy atom. The van der Waals surface area contributed by atoms with Crippen molar-refractivity contribution in [2.24, 2.45) is 5.92 Å². The van der Waals surface area contributed by atoms with Crippen LogP contribution < -0.4 is 14.8 Å². The summed E-state index contributed by atoms with van der Waals surface area (Å²) in [4.78, 5) is 12.6. The molecule has 1 amide bonds. The van der Waals surface area contributed by atoms with Crippen molar-refractivity contribution in [3.8, 4) is 11.5 Å². The molecule has 0 unspecified atom stereocenters. The van der Waals surface area contributed by atoms with Gasteiger partial charge in [-0.3, -0.25) is 4.79 Å². The minimum Gasteiger partial charge on any atom is -0.497 e. The third kappa shape index (κ3) is 5.95. The Morgan fingerprint density at radius 1 is 1.08 bits per heavy atom. The van der Waals surface area contributed by atoms with Gasteiger partial charge in [0.1, 0.15) is 11.5 Å². The molecule has 2 atom stereocenters. The minimum absolute atomic E-state index is 0.0844. The molecule has 0 bridgehead atoms. The van der Waals surface area contributed by atoms with Crippen LogP contribution in [0, 0.1) is 5.92 Å². The van der Waals surface area contributed by atoms with Gasteiger partial charge in [0.2, 0.25) is 0 Å². The second kappa shape index (κ2) is 9.48. The maximum atomic E-state index is 12.6. The van der Waals surface area contributed by atoms with Crippen molar-refractivity contribution in [2.45, 2.75) is 39.3 Å². The van der Waals surface area contributed by atoms with Gasteiger partial charge in [0.15, 0.2) is 6.10 Å². The van der Waals surface area contributed by atoms with E-state index in [-0.39, 0.29) is 11.9 Å². The average molecular weight is 376 g/mol. The van der Waals surface area contributed by atoms with Crippen molar-refractivity contribution in [3.63, 3.8) is 0 Å². The zero-order valence-electron chi connectivity index (χ0n) is 15.7. The fourth-order valence-electron chi connectivity index (χ4n) is 2.67. The molecule has 0 heterocycles. The van der Waals surface area contributed by atoms with E-state index in [1.165, 1.54) is 0 Å². The largest absolute Gasteiger partial charge is 0.497 e. The lowest BCUT2D eigenvalue weighted by molar-refractivity contribution is -0.128. The molecule has 2 aromatic rings. The molecule has 0 fully saturated rings. The molecule has 0 aromatic heterocycles. The number of carbonyl (C=O) groups is 1. The van der Waals surface area contributed by atoms with E-state index in [0.717, 1.165) is 17.7 Å². The Balaban J connectivity index is 2.07. The fraction of sp³-hybridized carbons (Fsp3) is 0.381. The Hall–Kier alpha value is -2.20. The van der Waals surface area contributed by atoms with E-state index in [1.54, 1.807) is 38.3 Å². The summed E-state index contributed by atoms with van der Waals surface area (Å²) in [5, 5.41) is 3.67. The van der Waals surface area contributed by atoms with Gasteiger partial charge in [-0.1, -0.05) is 43.6 Å². The molecule has 0 aliphatic rings. The van der Waals surface area contributed by atoms with Crippen LogP contribution in [0.15, 0.2) is 48.5 Å². The number of benzene rings is 2. The van der Waals surface area contributed by atoms with Crippen LogP contribution in [-0.2, 0) is 4.79 Å². The van der Waals surface area contributed by atoms with Crippen LogP contribution in [0.5, 0.6) is 11.5 Å². The van der Waals surface area contributed by atoms with Gasteiger partial charge in [-0.2, -0.15) is 0 Å². The quantitative estimate of drug-likeness (QED) is 0.704. The van der Waals surface area contributed by atoms with Gasteiger partial charge < -0.3 is 14.8 Å². The van der Waals surface area contributed by atoms with E-state index in [9.17, 15) is 4.79 Å². The Morgan fingerprint density at radius 2 is 1.77 bits per heavy atom. The van der Waals surface area contributed by atoms with Crippen LogP contribution >= 0.6 is 11.6 Å². The summed E-state index contributed by atoms with van der Waals surface area (Å²) in [7, 11) is 1.64. The van der Waals surface area contributed by atoms with Crippen molar-refractivity contribution < 1.29 is 14.3 Å². The van der Waals surface area contributed by atoms with E-state index in [2.05, 4.69) is 19.2 Å². The molecule has 1 N–H and O–H groups in total. The van der Waals surface area contributed by atoms with Gasteiger partial charge in [0, 0.05) is 5.02 Å². The zero-order valence-corrected chi connectivity index (χ0v) is 16.4. The Bertz CT molecular complexity index is 715. The summed E-state index contributed by atoms with van der Waals surface area (Å²) in [5.41, 5.74) is 1.04. The number of hydrogen-bond acceptors (Lipinski definition) is 3. The molecular weight excluding hydrogens is 350 g/mol. The highest BCUT2D eigenvalue weighted by Crippen LogP contribution is 2.24. The van der Waals surface area contributed by atoms with Crippen molar-refractivity contribution in [1.82, 2.24) is 5.32 Å². The number of rotatable bonds is 8. The standard InChI is InChI=1S/C21H26ClNO3/c1-14(2)12-20(16-8-10-18(25-4)11-9-16)23-21(24)15(3)26-19-7-5-6-17(22)13-19/h5-11,13-15,20H,12H2,1-4H3,(H,23,24)/t15-,20+/m1/s1. The second-order valence-electron chi connectivity index (χ2n) is 6.68. The molecule has 4 nitrogen and oxygen atoms in total. The molecule has 2 rings (SSSR count). The highest BCUT2D eigenvalue weighted by Gasteiger charge is 2.21. The summed E-state index contributed by atoms with van der Waals surface area (Å²) in [5.74, 6) is 1.64. The highest BCUT2D eigenvalue weighted by molar-refractivity contribution is 6.30. The second-order valence-corrected chi connectivity index (χ2v) is 7.12. The van der Waals surface area contributed by atoms with E-state index >= 15 is 0 Å². The molecule has 140 valence electrons. The molecule has 5 heteroatoms. The van der Waals surface area contributed by atoms with Crippen LogP contribution in [0.25, 0.3) is 0 Å². The molecular formula is C21H26ClNO3. The molecule has 2 aromatic carbocycles. The minimum atomic E-state index is -0.624. The highest BCUT2D eigenvalue weighted by atomic mass is 35.5. The number of amides is 1. The molecule has 0 aliphatic carbocycles. The SMILES string of the molecule is COc1ccc([C@H](CC(C)C)NC(=O)[C@@H](C)Oc2cccc(Cl)c2)cc1. The molecule has 0 radical (unpaired) electrons. The van der Waals surface area contributed by atoms with E-state index in [0.29, 0.717) is 16.7 Å². The number of methoxy groups -OCH3 is 1. The number of nitrogens with one attached hydrogen (secondary N) is 1. The Labute approximate surface area is 160 Å². The topological polar surface area (TPSA) is 47.6 Å². The van der Waals surface area contributed by atoms with Gasteiger partial charge >= 0.3 is 0 Å². The van der Waals surface area contributed by atoms with Gasteiger partial charge in [0.25, 0.3) is 5.91 Å². The maximum absolute atomic E-state index is 12.6. The molecule has 0 aliphatic heterocycles. The summed E-state index contributed by atoms with van der Waals surface area (Å²) >= 11 is 5.96. The van der Waals surface area contributed by atoms with Crippen LogP contribution in [0.4, 0.5) is 0 Å². The first-order chi connectivity index (χ1) is 12.4. The van der Waals surface area contributed by atoms with E-state index in [1.807, 2.05) is 24.3 Å². The van der Waals surface area contributed by atoms with Gasteiger partial charge in [0.05, 0.1) is 13.2 Å². The van der Waals surface area contributed by atoms with Gasteiger partial charge in [-0.05, 0) is 55.2 Å². The summed E-state index contributed by atoms with van der Waals surface area (Å²) in [6, 6.07) is 14.7. The van der Waals surface area contributed by atoms with Crippen LogP contribution in [0.2, 0.25) is 5.02 Å². The molecule has 0 saturated heterocycles. The summed E-state index contributed by atoms with van der Waals surface area (Å²) in [6.45, 7) is 6.00. The normalized spacial score (nSPS) is 13.2. The first kappa shape index (κ1) is 20.1. The van der Waals surface area contributed by atoms with Gasteiger partial charge in [-0.25, -0.2) is 0 Å². The van der Waals surface area contributed by atoms with Crippen molar-refractivity contribution in [1.29, 1.82) is 0 Å². The first-order valence-electron chi connectivity index (χ1n) is 8.75. The van der Waals surface area contributed by atoms with Crippen molar-refractivity contribution in [3.05, 3.63) is 59.1 Å². The number of halogens is 1. The lowest BCUT2D eigenvalue weighted by atomic mass is 9.96. The van der Waals surface area contributed by atoms with Crippen LogP contribution in [0.3, 0.4) is 0 Å². The smallest absolute Gasteiger partial charge is 0.261 e. The zero-order chi connectivity index (χ0) is 19.1. The lowest BCUT2D eigenvalue weighted by Gasteiger charge is -2.24. The number of carbonyl (C=O) groups excluding carboxylic acids is 1. The monoisotopic (exact) mass is 375 g/mol. The predicted octanol–water partition coefficient (Wildman–Crippen LogP) is 5.02. The van der Waals surface area contributed by atoms with Crippen LogP contribution in [-0.4, -0.2) is 19.1 Å². The third-order valence-corrected chi connectivity index (χ3v) is 4.26. The summed E-state index contributed by atoms with van der Waals surface area (Å²) < 4.78 is 10.9. The van der Waals surface area contributed by atoms with Crippen molar-refractivity contribution in [2.75, 3.05) is 7.11 Å². The van der Waals surface area contributed by atoms with Crippen molar-refractivity contribution >= 4 is 17.5 Å². The lowest BCUT2D eigenvalue weighted by Crippen LogP contribution is -2.39. The molecule has 26 heavy (non-hydrogen) atoms. The van der Waals surface area contributed by atoms with Crippen LogP contribution in [0.1, 0.15) is 38.8 Å². The van der Waals surface area contributed by atoms with E-state index < -0.39 is 6.10 Å². The number of ether oxygens (including phenoxy) is 2. The summed E-state index contributed by atoms with van der Waals surface area (Å²) in [6.07, 6.45) is 0.212. The van der Waals surface area contributed by atoms with E-state index in [4.69, 9.17) is 21.1 Å². The van der Waals surface area contributed by atoms with Gasteiger partial charge in [-0.15, -0.1) is 0 Å². The average Bonchev–Trinajstić information content (AvgIpc) is 2.60. The fourth-order valence-corrected chi connectivity index (χ4v) is 2.85. The molecule has 0 spiro atoms. The third-order valence-electron chi connectivity index (χ3n) is 4.02. The Kier molecular flexibility index (Phi) is 7.34. The molecule has 0 saturated carbocycles.